The number of nitrogens with zero attached hydrogens (tertiary/aromatic N) is 1. The highest BCUT2D eigenvalue weighted by atomic mass is 35.5. The molecule has 1 aliphatic rings. The Labute approximate surface area is 174 Å². The highest BCUT2D eigenvalue weighted by Crippen LogP contribution is 2.23. The SMILES string of the molecule is CCOC(=O)c1cccc(NC(=O)[C@H]2CCCN(C(=O)c3ccccc3Cl)C2)c1. The molecule has 0 aromatic heterocycles. The Kier molecular flexibility index (Phi) is 6.88. The van der Waals surface area contributed by atoms with Crippen molar-refractivity contribution in [3.05, 3.63) is 64.7 Å². The van der Waals surface area contributed by atoms with Crippen LogP contribution in [-0.4, -0.2) is 42.4 Å². The monoisotopic (exact) mass is 414 g/mol. The molecule has 1 aliphatic heterocycles. The summed E-state index contributed by atoms with van der Waals surface area (Å²) in [5.41, 5.74) is 1.34. The van der Waals surface area contributed by atoms with Crippen LogP contribution in [0.25, 0.3) is 0 Å². The molecule has 1 heterocycles. The highest BCUT2D eigenvalue weighted by Gasteiger charge is 2.29. The van der Waals surface area contributed by atoms with Gasteiger partial charge in [-0.3, -0.25) is 9.59 Å². The summed E-state index contributed by atoms with van der Waals surface area (Å²) >= 11 is 6.14. The first kappa shape index (κ1) is 20.9. The normalized spacial score (nSPS) is 16.2. The second-order valence-electron chi connectivity index (χ2n) is 6.86. The van der Waals surface area contributed by atoms with E-state index in [1.165, 1.54) is 0 Å². The summed E-state index contributed by atoms with van der Waals surface area (Å²) < 4.78 is 4.99. The van der Waals surface area contributed by atoms with Crippen LogP contribution >= 0.6 is 11.6 Å². The lowest BCUT2D eigenvalue weighted by molar-refractivity contribution is -0.121. The molecular formula is C22H23ClN2O4. The third kappa shape index (κ3) is 5.15. The van der Waals surface area contributed by atoms with Crippen LogP contribution < -0.4 is 5.32 Å². The summed E-state index contributed by atoms with van der Waals surface area (Å²) in [6, 6.07) is 13.5. The molecular weight excluding hydrogens is 392 g/mol. The van der Waals surface area contributed by atoms with Crippen molar-refractivity contribution in [3.8, 4) is 0 Å². The molecule has 0 radical (unpaired) electrons. The van der Waals surface area contributed by atoms with Gasteiger partial charge >= 0.3 is 5.97 Å². The largest absolute Gasteiger partial charge is 0.462 e. The lowest BCUT2D eigenvalue weighted by Crippen LogP contribution is -2.43. The fourth-order valence-electron chi connectivity index (χ4n) is 3.36. The Morgan fingerprint density at radius 1 is 1.17 bits per heavy atom. The average Bonchev–Trinajstić information content (AvgIpc) is 2.74. The molecule has 0 bridgehead atoms. The third-order valence-electron chi connectivity index (χ3n) is 4.82. The van der Waals surface area contributed by atoms with Crippen LogP contribution in [-0.2, 0) is 9.53 Å². The van der Waals surface area contributed by atoms with Gasteiger partial charge in [0.15, 0.2) is 0 Å². The Hall–Kier alpha value is -2.86. The molecule has 152 valence electrons. The van der Waals surface area contributed by atoms with E-state index in [2.05, 4.69) is 5.32 Å². The zero-order chi connectivity index (χ0) is 20.8. The minimum atomic E-state index is -0.433. The topological polar surface area (TPSA) is 75.7 Å². The van der Waals surface area contributed by atoms with Gasteiger partial charge in [0, 0.05) is 18.8 Å². The quantitative estimate of drug-likeness (QED) is 0.750. The summed E-state index contributed by atoms with van der Waals surface area (Å²) in [6.07, 6.45) is 1.42. The summed E-state index contributed by atoms with van der Waals surface area (Å²) in [4.78, 5) is 39.1. The Morgan fingerprint density at radius 3 is 2.72 bits per heavy atom. The van der Waals surface area contributed by atoms with E-state index in [1.807, 2.05) is 0 Å². The van der Waals surface area contributed by atoms with Gasteiger partial charge in [-0.2, -0.15) is 0 Å². The number of amides is 2. The van der Waals surface area contributed by atoms with E-state index in [9.17, 15) is 14.4 Å². The standard InChI is InChI=1S/C22H23ClN2O4/c1-2-29-22(28)15-7-5-9-17(13-15)24-20(26)16-8-6-12-25(14-16)21(27)18-10-3-4-11-19(18)23/h3-5,7,9-11,13,16H,2,6,8,12,14H2,1H3,(H,24,26)/t16-/m0/s1. The molecule has 3 rings (SSSR count). The smallest absolute Gasteiger partial charge is 0.338 e. The Balaban J connectivity index is 1.66. The zero-order valence-electron chi connectivity index (χ0n) is 16.2. The van der Waals surface area contributed by atoms with Crippen molar-refractivity contribution in [1.29, 1.82) is 0 Å². The van der Waals surface area contributed by atoms with E-state index in [-0.39, 0.29) is 24.3 Å². The van der Waals surface area contributed by atoms with Crippen molar-refractivity contribution >= 4 is 35.1 Å². The fraction of sp³-hybridized carbons (Fsp3) is 0.318. The molecule has 0 saturated carbocycles. The van der Waals surface area contributed by atoms with Crippen molar-refractivity contribution in [2.75, 3.05) is 25.0 Å². The number of anilines is 1. The van der Waals surface area contributed by atoms with Gasteiger partial charge in [0.1, 0.15) is 0 Å². The first-order chi connectivity index (χ1) is 14.0. The average molecular weight is 415 g/mol. The first-order valence-electron chi connectivity index (χ1n) is 9.61. The van der Waals surface area contributed by atoms with E-state index < -0.39 is 5.97 Å². The number of benzene rings is 2. The number of likely N-dealkylation sites (tertiary alicyclic amines) is 1. The molecule has 2 aromatic carbocycles. The number of carbonyl (C=O) groups excluding carboxylic acids is 3. The van der Waals surface area contributed by atoms with Crippen molar-refractivity contribution in [2.45, 2.75) is 19.8 Å². The van der Waals surface area contributed by atoms with Gasteiger partial charge in [-0.15, -0.1) is 0 Å². The van der Waals surface area contributed by atoms with Crippen molar-refractivity contribution in [2.24, 2.45) is 5.92 Å². The van der Waals surface area contributed by atoms with E-state index in [1.54, 1.807) is 60.4 Å². The van der Waals surface area contributed by atoms with Crippen LogP contribution in [0.1, 0.15) is 40.5 Å². The number of hydrogen-bond acceptors (Lipinski definition) is 4. The molecule has 0 spiro atoms. The molecule has 1 saturated heterocycles. The lowest BCUT2D eigenvalue weighted by atomic mass is 9.96. The maximum atomic E-state index is 12.8. The van der Waals surface area contributed by atoms with Gasteiger partial charge in [0.05, 0.1) is 28.7 Å². The predicted octanol–water partition coefficient (Wildman–Crippen LogP) is 4.01. The third-order valence-corrected chi connectivity index (χ3v) is 5.15. The summed E-state index contributed by atoms with van der Waals surface area (Å²) in [6.45, 7) is 2.94. The maximum Gasteiger partial charge on any atom is 0.338 e. The van der Waals surface area contributed by atoms with Gasteiger partial charge < -0.3 is 15.0 Å². The second-order valence-corrected chi connectivity index (χ2v) is 7.27. The summed E-state index contributed by atoms with van der Waals surface area (Å²) in [5.74, 6) is -1.11. The van der Waals surface area contributed by atoms with E-state index in [4.69, 9.17) is 16.3 Å². The number of nitrogens with one attached hydrogen (secondary N) is 1. The first-order valence-corrected chi connectivity index (χ1v) is 9.99. The summed E-state index contributed by atoms with van der Waals surface area (Å²) in [5, 5.41) is 3.25. The van der Waals surface area contributed by atoms with Crippen LogP contribution in [0.4, 0.5) is 5.69 Å². The minimum absolute atomic E-state index is 0.169. The summed E-state index contributed by atoms with van der Waals surface area (Å²) in [7, 11) is 0. The van der Waals surface area contributed by atoms with Crippen LogP contribution in [0.5, 0.6) is 0 Å². The Bertz CT molecular complexity index is 915. The van der Waals surface area contributed by atoms with Crippen LogP contribution in [0.3, 0.4) is 0 Å². The van der Waals surface area contributed by atoms with Gasteiger partial charge in [-0.05, 0) is 50.1 Å². The van der Waals surface area contributed by atoms with E-state index >= 15 is 0 Å². The number of rotatable bonds is 5. The molecule has 1 fully saturated rings. The molecule has 2 aromatic rings. The van der Waals surface area contributed by atoms with Crippen LogP contribution in [0.2, 0.25) is 5.02 Å². The van der Waals surface area contributed by atoms with Gasteiger partial charge in [-0.25, -0.2) is 4.79 Å². The van der Waals surface area contributed by atoms with E-state index in [0.29, 0.717) is 41.3 Å². The molecule has 1 N–H and O–H groups in total. The molecule has 0 aliphatic carbocycles. The van der Waals surface area contributed by atoms with Crippen molar-refractivity contribution in [3.63, 3.8) is 0 Å². The molecule has 6 nitrogen and oxygen atoms in total. The molecule has 2 amide bonds. The number of carbonyl (C=O) groups is 3. The van der Waals surface area contributed by atoms with Crippen LogP contribution in [0.15, 0.2) is 48.5 Å². The number of esters is 1. The van der Waals surface area contributed by atoms with Gasteiger partial charge in [0.25, 0.3) is 5.91 Å². The van der Waals surface area contributed by atoms with Crippen molar-refractivity contribution in [1.82, 2.24) is 4.90 Å². The number of ether oxygens (including phenoxy) is 1. The number of hydrogen-bond donors (Lipinski definition) is 1. The molecule has 7 heteroatoms. The minimum Gasteiger partial charge on any atom is -0.462 e. The molecule has 29 heavy (non-hydrogen) atoms. The van der Waals surface area contributed by atoms with Crippen LogP contribution in [0, 0.1) is 5.92 Å². The maximum absolute atomic E-state index is 12.8. The van der Waals surface area contributed by atoms with Gasteiger partial charge in [0.2, 0.25) is 5.91 Å². The van der Waals surface area contributed by atoms with Gasteiger partial charge in [-0.1, -0.05) is 29.8 Å². The van der Waals surface area contributed by atoms with E-state index in [0.717, 1.165) is 6.42 Å². The number of piperidine rings is 1. The highest BCUT2D eigenvalue weighted by molar-refractivity contribution is 6.33. The molecule has 0 unspecified atom stereocenters. The fourth-order valence-corrected chi connectivity index (χ4v) is 3.58. The van der Waals surface area contributed by atoms with Crippen molar-refractivity contribution < 1.29 is 19.1 Å². The predicted molar refractivity (Wildman–Crippen MR) is 111 cm³/mol. The molecule has 1 atom stereocenters. The zero-order valence-corrected chi connectivity index (χ0v) is 16.9. The lowest BCUT2D eigenvalue weighted by Gasteiger charge is -2.32. The second kappa shape index (κ2) is 9.56. The Morgan fingerprint density at radius 2 is 1.97 bits per heavy atom. The number of halogens is 1.